The lowest BCUT2D eigenvalue weighted by molar-refractivity contribution is -0.571. The normalized spacial score (nSPS) is 44.5. The van der Waals surface area contributed by atoms with E-state index in [1.54, 1.807) is 12.1 Å². The lowest BCUT2D eigenvalue weighted by atomic mass is 9.57. The van der Waals surface area contributed by atoms with E-state index in [1.165, 1.54) is 19.2 Å². The summed E-state index contributed by atoms with van der Waals surface area (Å²) in [5.74, 6) is -0.808. The largest absolute Gasteiger partial charge is 0.468 e. The molecule has 2 spiro atoms. The molecular weight excluding hydrogens is 803 g/mol. The molecule has 344 valence electrons. The van der Waals surface area contributed by atoms with Gasteiger partial charge >= 0.3 is 5.97 Å². The Labute approximate surface area is 364 Å². The molecule has 17 atom stereocenters. The fraction of sp³-hybridized carbons (Fsp3) is 0.826. The summed E-state index contributed by atoms with van der Waals surface area (Å²) < 4.78 is 32.0. The third-order valence-electron chi connectivity index (χ3n) is 16.9. The molecule has 4 bridgehead atoms. The van der Waals surface area contributed by atoms with Crippen LogP contribution >= 0.6 is 0 Å². The lowest BCUT2D eigenvalue weighted by Gasteiger charge is -2.60. The quantitative estimate of drug-likeness (QED) is 0.0918. The molecular formula is C46H67N3O13. The van der Waals surface area contributed by atoms with Crippen LogP contribution in [-0.2, 0) is 52.8 Å². The third-order valence-corrected chi connectivity index (χ3v) is 16.9. The average Bonchev–Trinajstić information content (AvgIpc) is 3.63. The summed E-state index contributed by atoms with van der Waals surface area (Å²) >= 11 is 0. The first-order valence-corrected chi connectivity index (χ1v) is 23.4. The van der Waals surface area contributed by atoms with Crippen molar-refractivity contribution in [1.82, 2.24) is 5.32 Å². The zero-order valence-electron chi connectivity index (χ0n) is 37.4. The van der Waals surface area contributed by atoms with Crippen molar-refractivity contribution >= 4 is 23.3 Å². The van der Waals surface area contributed by atoms with Gasteiger partial charge in [-0.1, -0.05) is 27.7 Å². The fourth-order valence-electron chi connectivity index (χ4n) is 13.4. The number of rotatable bonds is 13. The Balaban J connectivity index is 0.971. The molecule has 1 aromatic rings. The summed E-state index contributed by atoms with van der Waals surface area (Å²) in [5, 5.41) is 14.6. The van der Waals surface area contributed by atoms with Crippen LogP contribution in [-0.4, -0.2) is 90.6 Å². The summed E-state index contributed by atoms with van der Waals surface area (Å²) in [4.78, 5) is 65.0. The number of methoxy groups -OCH3 is 1. The summed E-state index contributed by atoms with van der Waals surface area (Å²) in [6.45, 7) is 13.0. The minimum atomic E-state index is -0.913. The number of esters is 1. The molecule has 1 N–H and O–H groups in total. The van der Waals surface area contributed by atoms with Crippen molar-refractivity contribution in [1.29, 1.82) is 0 Å². The number of ether oxygens (including phenoxy) is 5. The summed E-state index contributed by atoms with van der Waals surface area (Å²) in [6, 6.07) is 5.55. The second kappa shape index (κ2) is 16.8. The SMILES string of the molecule is COC(=O)CNC(=O)C(CC[C@H]1O[C@@H]2O[C@@]3(C)CC[C@H]4[C@H](C)CC[C@@H]([C@H]1C)[C@@]24OO3)N(CCC[C@H]1O[C@@H]2O[C@@]3(C)CC[C@H]4[C@H](C)CC[C@@H]([C@H]1C)[C@@]24OO3)c1ccc([N+](=O)[O-])cc1. The Morgan fingerprint density at radius 3 is 1.84 bits per heavy atom. The maximum Gasteiger partial charge on any atom is 0.325 e. The van der Waals surface area contributed by atoms with Gasteiger partial charge in [0, 0.05) is 49.0 Å². The van der Waals surface area contributed by atoms with Crippen molar-refractivity contribution in [3.63, 3.8) is 0 Å². The van der Waals surface area contributed by atoms with Crippen molar-refractivity contribution < 1.29 is 57.7 Å². The van der Waals surface area contributed by atoms with Crippen LogP contribution in [0.15, 0.2) is 24.3 Å². The second-order valence-corrected chi connectivity index (χ2v) is 20.4. The topological polar surface area (TPSA) is 176 Å². The summed E-state index contributed by atoms with van der Waals surface area (Å²) in [7, 11) is 1.28. The first-order chi connectivity index (χ1) is 29.6. The number of nitro benzene ring substituents is 1. The van der Waals surface area contributed by atoms with Crippen LogP contribution in [0.5, 0.6) is 0 Å². The van der Waals surface area contributed by atoms with Crippen LogP contribution in [0.25, 0.3) is 0 Å². The third kappa shape index (κ3) is 7.45. The molecule has 1 amide bonds. The van der Waals surface area contributed by atoms with E-state index in [4.69, 9.17) is 43.2 Å². The van der Waals surface area contributed by atoms with Crippen molar-refractivity contribution in [2.45, 2.75) is 172 Å². The van der Waals surface area contributed by atoms with Gasteiger partial charge in [-0.3, -0.25) is 19.7 Å². The minimum Gasteiger partial charge on any atom is -0.468 e. The van der Waals surface area contributed by atoms with Crippen LogP contribution in [0.4, 0.5) is 11.4 Å². The van der Waals surface area contributed by atoms with Crippen molar-refractivity contribution in [2.24, 2.45) is 47.3 Å². The van der Waals surface area contributed by atoms with Crippen LogP contribution in [0.3, 0.4) is 0 Å². The van der Waals surface area contributed by atoms with Crippen LogP contribution < -0.4 is 10.2 Å². The fourth-order valence-corrected chi connectivity index (χ4v) is 13.4. The zero-order chi connectivity index (χ0) is 43.8. The molecule has 1 unspecified atom stereocenters. The predicted octanol–water partition coefficient (Wildman–Crippen LogP) is 7.12. The number of benzene rings is 1. The van der Waals surface area contributed by atoms with Gasteiger partial charge in [0.1, 0.15) is 12.6 Å². The first-order valence-electron chi connectivity index (χ1n) is 23.4. The van der Waals surface area contributed by atoms with E-state index in [-0.39, 0.29) is 65.9 Å². The number of anilines is 1. The molecule has 0 radical (unpaired) electrons. The number of fused-ring (bicyclic) bond motifs is 4. The second-order valence-electron chi connectivity index (χ2n) is 20.4. The van der Waals surface area contributed by atoms with Crippen molar-refractivity contribution in [3.05, 3.63) is 34.4 Å². The number of nitrogens with zero attached hydrogens (tertiary/aromatic N) is 2. The molecule has 11 rings (SSSR count). The lowest BCUT2D eigenvalue weighted by Crippen LogP contribution is -2.70. The maximum absolute atomic E-state index is 14.5. The highest BCUT2D eigenvalue weighted by molar-refractivity contribution is 5.88. The van der Waals surface area contributed by atoms with E-state index in [0.29, 0.717) is 56.2 Å². The number of nitro groups is 1. The molecule has 16 nitrogen and oxygen atoms in total. The summed E-state index contributed by atoms with van der Waals surface area (Å²) in [5.41, 5.74) is -0.767. The number of hydrogen-bond donors (Lipinski definition) is 1. The molecule has 1 aromatic carbocycles. The molecule has 8 aliphatic heterocycles. The molecule has 16 heteroatoms. The molecule has 2 saturated carbocycles. The molecule has 62 heavy (non-hydrogen) atoms. The van der Waals surface area contributed by atoms with E-state index in [9.17, 15) is 19.7 Å². The molecule has 0 aromatic heterocycles. The molecule has 8 heterocycles. The molecule has 8 saturated heterocycles. The standard InChI is InChI=1S/C46H67N3O13/c1-26-10-16-34-28(3)37(55-41-45(34)32(26)20-22-43(5,57-41)59-61-45)9-8-24-48(30-12-14-31(15-13-30)49(52)53)36(40(51)47-25-39(50)54-7)18-19-38-29(4)35-17-11-27(2)33-21-23-44(6)58-42(56-38)46(33,35)62-60-44/h12-15,26-29,32-38,41-42H,8-11,16-25H2,1-7H3,(H,47,51)/t26-,27-,28-,29-,32+,33+,34+,35+,36?,37-,38-,41-,42-,43-,44-,45-,46-/m1/s1. The van der Waals surface area contributed by atoms with E-state index < -0.39 is 52.3 Å². The Kier molecular flexibility index (Phi) is 12.0. The maximum atomic E-state index is 14.5. The van der Waals surface area contributed by atoms with E-state index in [2.05, 4.69) is 33.0 Å². The first kappa shape index (κ1) is 44.3. The number of carbonyl (C=O) groups is 2. The van der Waals surface area contributed by atoms with E-state index >= 15 is 0 Å². The van der Waals surface area contributed by atoms with Gasteiger partial charge in [0.15, 0.2) is 23.8 Å². The minimum absolute atomic E-state index is 0.0486. The predicted molar refractivity (Wildman–Crippen MR) is 221 cm³/mol. The van der Waals surface area contributed by atoms with Crippen molar-refractivity contribution in [2.75, 3.05) is 25.1 Å². The van der Waals surface area contributed by atoms with Crippen LogP contribution in [0, 0.1) is 57.5 Å². The van der Waals surface area contributed by atoms with Crippen LogP contribution in [0.2, 0.25) is 0 Å². The van der Waals surface area contributed by atoms with Gasteiger partial charge in [-0.2, -0.15) is 0 Å². The number of non-ortho nitro benzene ring substituents is 1. The summed E-state index contributed by atoms with van der Waals surface area (Å²) in [6.07, 6.45) is 8.06. The van der Waals surface area contributed by atoms with Crippen LogP contribution in [0.1, 0.15) is 119 Å². The molecule has 2 aliphatic carbocycles. The van der Waals surface area contributed by atoms with Gasteiger partial charge in [0.05, 0.1) is 24.2 Å². The highest BCUT2D eigenvalue weighted by Crippen LogP contribution is 2.62. The van der Waals surface area contributed by atoms with Gasteiger partial charge in [-0.05, 0) is 126 Å². The number of amides is 1. The van der Waals surface area contributed by atoms with Crippen molar-refractivity contribution in [3.8, 4) is 0 Å². The smallest absolute Gasteiger partial charge is 0.325 e. The van der Waals surface area contributed by atoms with Gasteiger partial charge in [-0.15, -0.1) is 0 Å². The van der Waals surface area contributed by atoms with E-state index in [0.717, 1.165) is 44.9 Å². The monoisotopic (exact) mass is 869 g/mol. The Hall–Kier alpha value is -2.96. The number of carbonyl (C=O) groups excluding carboxylic acids is 2. The number of hydrogen-bond acceptors (Lipinski definition) is 14. The molecule has 10 aliphatic rings. The number of nitrogens with one attached hydrogen (secondary N) is 1. The zero-order valence-corrected chi connectivity index (χ0v) is 37.4. The Morgan fingerprint density at radius 2 is 1.32 bits per heavy atom. The van der Waals surface area contributed by atoms with E-state index in [1.807, 2.05) is 18.7 Å². The Morgan fingerprint density at radius 1 is 0.790 bits per heavy atom. The van der Waals surface area contributed by atoms with Gasteiger partial charge in [-0.25, -0.2) is 19.6 Å². The Bertz CT molecular complexity index is 1840. The van der Waals surface area contributed by atoms with Gasteiger partial charge in [0.2, 0.25) is 17.5 Å². The highest BCUT2D eigenvalue weighted by Gasteiger charge is 2.70. The molecule has 10 fully saturated rings. The van der Waals surface area contributed by atoms with Gasteiger partial charge in [0.25, 0.3) is 5.69 Å². The highest BCUT2D eigenvalue weighted by atomic mass is 17.3. The van der Waals surface area contributed by atoms with Gasteiger partial charge < -0.3 is 33.9 Å². The average molecular weight is 870 g/mol.